The average molecular weight is 226 g/mol. The van der Waals surface area contributed by atoms with Crippen LogP contribution in [0.3, 0.4) is 0 Å². The number of hydrogen-bond donors (Lipinski definition) is 1. The summed E-state index contributed by atoms with van der Waals surface area (Å²) in [6, 6.07) is 2.45. The second-order valence-electron chi connectivity index (χ2n) is 2.82. The van der Waals surface area contributed by atoms with Gasteiger partial charge in [0.05, 0.1) is 12.7 Å². The van der Waals surface area contributed by atoms with Crippen LogP contribution in [-0.2, 0) is 4.79 Å². The summed E-state index contributed by atoms with van der Waals surface area (Å²) >= 11 is 0. The number of benzene rings is 1. The summed E-state index contributed by atoms with van der Waals surface area (Å²) < 4.78 is 31.0. The molecule has 1 N–H and O–H groups in total. The number of rotatable bonds is 2. The zero-order valence-electron chi connectivity index (χ0n) is 8.38. The molecule has 5 heteroatoms. The summed E-state index contributed by atoms with van der Waals surface area (Å²) in [5.74, 6) is 0.824. The lowest BCUT2D eigenvalue weighted by atomic mass is 10.2. The predicted octanol–water partition coefficient (Wildman–Crippen LogP) is 1.80. The maximum absolute atomic E-state index is 13.3. The second kappa shape index (κ2) is 5.12. The molecule has 0 heterocycles. The first kappa shape index (κ1) is 12.0. The molecule has 0 amide bonds. The third-order valence-corrected chi connectivity index (χ3v) is 1.73. The van der Waals surface area contributed by atoms with Crippen molar-refractivity contribution in [2.45, 2.75) is 6.42 Å². The zero-order valence-corrected chi connectivity index (χ0v) is 8.38. The summed E-state index contributed by atoms with van der Waals surface area (Å²) in [6.07, 6.45) is -0.424. The van der Waals surface area contributed by atoms with Crippen LogP contribution in [0.4, 0.5) is 8.78 Å². The number of carboxylic acids is 1. The molecule has 0 atom stereocenters. The van der Waals surface area contributed by atoms with E-state index < -0.39 is 24.0 Å². The van der Waals surface area contributed by atoms with Gasteiger partial charge in [0.1, 0.15) is 6.42 Å². The van der Waals surface area contributed by atoms with Crippen LogP contribution in [0.2, 0.25) is 0 Å². The van der Waals surface area contributed by atoms with Gasteiger partial charge in [0.25, 0.3) is 0 Å². The van der Waals surface area contributed by atoms with E-state index in [0.29, 0.717) is 0 Å². The van der Waals surface area contributed by atoms with Crippen LogP contribution >= 0.6 is 0 Å². The Morgan fingerprint density at radius 2 is 2.12 bits per heavy atom. The smallest absolute Gasteiger partial charge is 0.315 e. The van der Waals surface area contributed by atoms with Crippen LogP contribution in [0.15, 0.2) is 12.1 Å². The highest BCUT2D eigenvalue weighted by atomic mass is 19.2. The second-order valence-corrected chi connectivity index (χ2v) is 2.82. The minimum Gasteiger partial charge on any atom is -0.494 e. The van der Waals surface area contributed by atoms with Crippen molar-refractivity contribution < 1.29 is 23.4 Å². The molecule has 0 spiro atoms. The lowest BCUT2D eigenvalue weighted by Gasteiger charge is -2.02. The molecule has 16 heavy (non-hydrogen) atoms. The molecule has 3 nitrogen and oxygen atoms in total. The standard InChI is InChI=1S/C11H8F2O3/c1-16-8-6-5-7(10(12)11(8)13)3-2-4-9(14)15/h5-6H,4H2,1H3,(H,14,15). The predicted molar refractivity (Wildman–Crippen MR) is 52.0 cm³/mol. The van der Waals surface area contributed by atoms with Gasteiger partial charge in [-0.05, 0) is 12.1 Å². The molecule has 0 aliphatic carbocycles. The van der Waals surface area contributed by atoms with Crippen molar-refractivity contribution in [2.75, 3.05) is 7.11 Å². The van der Waals surface area contributed by atoms with Crippen molar-refractivity contribution in [1.29, 1.82) is 0 Å². The zero-order chi connectivity index (χ0) is 12.1. The van der Waals surface area contributed by atoms with Gasteiger partial charge in [-0.3, -0.25) is 4.79 Å². The summed E-state index contributed by atoms with van der Waals surface area (Å²) in [7, 11) is 1.22. The lowest BCUT2D eigenvalue weighted by molar-refractivity contribution is -0.135. The van der Waals surface area contributed by atoms with Crippen LogP contribution in [0.25, 0.3) is 0 Å². The number of ether oxygens (including phenoxy) is 1. The fraction of sp³-hybridized carbons (Fsp3) is 0.182. The molecule has 0 bridgehead atoms. The number of aliphatic carboxylic acids is 1. The van der Waals surface area contributed by atoms with Gasteiger partial charge < -0.3 is 9.84 Å². The number of hydrogen-bond acceptors (Lipinski definition) is 2. The minimum absolute atomic E-state index is 0.195. The topological polar surface area (TPSA) is 46.5 Å². The highest BCUT2D eigenvalue weighted by Crippen LogP contribution is 2.21. The molecular weight excluding hydrogens is 218 g/mol. The summed E-state index contributed by atoms with van der Waals surface area (Å²) in [5.41, 5.74) is -0.195. The highest BCUT2D eigenvalue weighted by molar-refractivity contribution is 5.70. The quantitative estimate of drug-likeness (QED) is 0.782. The van der Waals surface area contributed by atoms with Gasteiger partial charge in [0.2, 0.25) is 5.82 Å². The normalized spacial score (nSPS) is 9.19. The van der Waals surface area contributed by atoms with Crippen LogP contribution in [0.1, 0.15) is 12.0 Å². The van der Waals surface area contributed by atoms with Gasteiger partial charge in [0, 0.05) is 0 Å². The molecule has 0 saturated carbocycles. The van der Waals surface area contributed by atoms with E-state index in [2.05, 4.69) is 16.6 Å². The maximum Gasteiger partial charge on any atom is 0.315 e. The summed E-state index contributed by atoms with van der Waals surface area (Å²) in [5, 5.41) is 8.31. The third-order valence-electron chi connectivity index (χ3n) is 1.73. The molecule has 1 aromatic rings. The summed E-state index contributed by atoms with van der Waals surface area (Å²) in [6.45, 7) is 0. The van der Waals surface area contributed by atoms with Crippen LogP contribution in [0.5, 0.6) is 5.75 Å². The number of halogens is 2. The van der Waals surface area contributed by atoms with Gasteiger partial charge in [-0.15, -0.1) is 0 Å². The van der Waals surface area contributed by atoms with Gasteiger partial charge in [-0.1, -0.05) is 11.8 Å². The van der Waals surface area contributed by atoms with Gasteiger partial charge in [-0.25, -0.2) is 4.39 Å². The number of carboxylic acid groups (broad SMARTS) is 1. The molecule has 1 rings (SSSR count). The Kier molecular flexibility index (Phi) is 3.84. The molecule has 0 saturated heterocycles. The first-order valence-electron chi connectivity index (χ1n) is 4.29. The van der Waals surface area contributed by atoms with Gasteiger partial charge >= 0.3 is 5.97 Å². The fourth-order valence-electron chi connectivity index (χ4n) is 1.00. The lowest BCUT2D eigenvalue weighted by Crippen LogP contribution is -1.95. The van der Waals surface area contributed by atoms with Crippen LogP contribution in [0, 0.1) is 23.5 Å². The van der Waals surface area contributed by atoms with Crippen molar-refractivity contribution in [3.63, 3.8) is 0 Å². The summed E-state index contributed by atoms with van der Waals surface area (Å²) in [4.78, 5) is 10.2. The largest absolute Gasteiger partial charge is 0.494 e. The molecular formula is C11H8F2O3. The fourth-order valence-corrected chi connectivity index (χ4v) is 1.00. The van der Waals surface area contributed by atoms with E-state index in [1.165, 1.54) is 19.2 Å². The maximum atomic E-state index is 13.3. The molecule has 0 aromatic heterocycles. The molecule has 0 aliphatic rings. The van der Waals surface area contributed by atoms with Crippen molar-refractivity contribution >= 4 is 5.97 Å². The SMILES string of the molecule is COc1ccc(C#CCC(=O)O)c(F)c1F. The Morgan fingerprint density at radius 3 is 2.69 bits per heavy atom. The molecule has 0 unspecified atom stereocenters. The Labute approximate surface area is 90.7 Å². The monoisotopic (exact) mass is 226 g/mol. The number of carbonyl (C=O) groups is 1. The van der Waals surface area contributed by atoms with Crippen molar-refractivity contribution in [2.24, 2.45) is 0 Å². The molecule has 1 aromatic carbocycles. The Bertz CT molecular complexity index is 472. The van der Waals surface area contributed by atoms with Crippen LogP contribution in [-0.4, -0.2) is 18.2 Å². The van der Waals surface area contributed by atoms with E-state index >= 15 is 0 Å². The Hall–Kier alpha value is -2.09. The highest BCUT2D eigenvalue weighted by Gasteiger charge is 2.12. The van der Waals surface area contributed by atoms with E-state index in [9.17, 15) is 13.6 Å². The minimum atomic E-state index is -1.14. The molecule has 0 fully saturated rings. The number of methoxy groups -OCH3 is 1. The van der Waals surface area contributed by atoms with E-state index in [1.54, 1.807) is 0 Å². The third kappa shape index (κ3) is 2.70. The van der Waals surface area contributed by atoms with E-state index in [1.807, 2.05) is 0 Å². The first-order chi connectivity index (χ1) is 7.56. The Morgan fingerprint density at radius 1 is 1.44 bits per heavy atom. The molecule has 0 aliphatic heterocycles. The van der Waals surface area contributed by atoms with E-state index in [0.717, 1.165) is 0 Å². The van der Waals surface area contributed by atoms with Gasteiger partial charge in [0.15, 0.2) is 11.6 Å². The van der Waals surface area contributed by atoms with Crippen molar-refractivity contribution in [3.05, 3.63) is 29.3 Å². The van der Waals surface area contributed by atoms with Crippen molar-refractivity contribution in [1.82, 2.24) is 0 Å². The average Bonchev–Trinajstić information content (AvgIpc) is 2.24. The van der Waals surface area contributed by atoms with Crippen molar-refractivity contribution in [3.8, 4) is 17.6 Å². The van der Waals surface area contributed by atoms with Crippen LogP contribution < -0.4 is 4.74 Å². The van der Waals surface area contributed by atoms with E-state index in [-0.39, 0.29) is 11.3 Å². The molecule has 0 radical (unpaired) electrons. The van der Waals surface area contributed by atoms with E-state index in [4.69, 9.17) is 5.11 Å². The van der Waals surface area contributed by atoms with Gasteiger partial charge in [-0.2, -0.15) is 4.39 Å². The molecule has 84 valence electrons. The Balaban J connectivity index is 3.02. The first-order valence-corrected chi connectivity index (χ1v) is 4.29.